The average molecular weight is 280 g/mol. The predicted octanol–water partition coefficient (Wildman–Crippen LogP) is 1.88. The van der Waals surface area contributed by atoms with Crippen LogP contribution in [0.25, 0.3) is 0 Å². The highest BCUT2D eigenvalue weighted by Crippen LogP contribution is 2.28. The number of aromatic carboxylic acids is 1. The van der Waals surface area contributed by atoms with Crippen LogP contribution in [0.4, 0.5) is 0 Å². The van der Waals surface area contributed by atoms with Crippen molar-refractivity contribution < 1.29 is 9.90 Å². The van der Waals surface area contributed by atoms with Crippen LogP contribution >= 0.6 is 0 Å². The maximum Gasteiger partial charge on any atom is 0.358 e. The van der Waals surface area contributed by atoms with Gasteiger partial charge in [0.2, 0.25) is 0 Å². The van der Waals surface area contributed by atoms with Gasteiger partial charge in [-0.2, -0.15) is 0 Å². The molecule has 112 valence electrons. The highest BCUT2D eigenvalue weighted by Gasteiger charge is 2.28. The van der Waals surface area contributed by atoms with Crippen LogP contribution < -0.4 is 5.32 Å². The van der Waals surface area contributed by atoms with Crippen LogP contribution in [0.3, 0.4) is 0 Å². The summed E-state index contributed by atoms with van der Waals surface area (Å²) in [5.74, 6) is -0.220. The van der Waals surface area contributed by atoms with Gasteiger partial charge in [0.1, 0.15) is 0 Å². The Bertz CT molecular complexity index is 452. The van der Waals surface area contributed by atoms with E-state index in [9.17, 15) is 9.90 Å². The molecule has 1 aromatic rings. The van der Waals surface area contributed by atoms with Gasteiger partial charge >= 0.3 is 5.97 Å². The summed E-state index contributed by atoms with van der Waals surface area (Å²) in [7, 11) is 0. The van der Waals surface area contributed by atoms with E-state index in [4.69, 9.17) is 0 Å². The SMILES string of the molecule is CCCC(C)Cn1nnc(C(=O)O)c1C1CCNCC1. The molecular weight excluding hydrogens is 256 g/mol. The fraction of sp³-hybridized carbons (Fsp3) is 0.786. The number of nitrogens with zero attached hydrogens (tertiary/aromatic N) is 3. The lowest BCUT2D eigenvalue weighted by molar-refractivity contribution is 0.0688. The van der Waals surface area contributed by atoms with Crippen molar-refractivity contribution in [2.24, 2.45) is 5.92 Å². The third kappa shape index (κ3) is 3.36. The molecule has 0 amide bonds. The molecule has 6 nitrogen and oxygen atoms in total. The minimum absolute atomic E-state index is 0.139. The summed E-state index contributed by atoms with van der Waals surface area (Å²) in [5.41, 5.74) is 0.961. The quantitative estimate of drug-likeness (QED) is 0.831. The first-order valence-electron chi connectivity index (χ1n) is 7.50. The Morgan fingerprint density at radius 3 is 2.80 bits per heavy atom. The number of carboxylic acids is 1. The molecule has 1 aromatic heterocycles. The van der Waals surface area contributed by atoms with Crippen LogP contribution in [0.15, 0.2) is 0 Å². The zero-order valence-electron chi connectivity index (χ0n) is 12.3. The number of hydrogen-bond donors (Lipinski definition) is 2. The topological polar surface area (TPSA) is 80.0 Å². The molecule has 2 heterocycles. The van der Waals surface area contributed by atoms with Crippen LogP contribution in [0.1, 0.15) is 61.6 Å². The van der Waals surface area contributed by atoms with Gasteiger partial charge in [0.15, 0.2) is 5.69 Å². The van der Waals surface area contributed by atoms with Crippen LogP contribution in [0.5, 0.6) is 0 Å². The second-order valence-corrected chi connectivity index (χ2v) is 5.73. The Labute approximate surface area is 119 Å². The van der Waals surface area contributed by atoms with Crippen molar-refractivity contribution in [3.05, 3.63) is 11.4 Å². The lowest BCUT2D eigenvalue weighted by atomic mass is 9.92. The maximum absolute atomic E-state index is 11.4. The second kappa shape index (κ2) is 6.83. The molecule has 20 heavy (non-hydrogen) atoms. The monoisotopic (exact) mass is 280 g/mol. The molecule has 0 aliphatic carbocycles. The summed E-state index contributed by atoms with van der Waals surface area (Å²) in [6.45, 7) is 6.96. The first kappa shape index (κ1) is 15.0. The van der Waals surface area contributed by atoms with E-state index >= 15 is 0 Å². The van der Waals surface area contributed by atoms with Gasteiger partial charge in [-0.3, -0.25) is 0 Å². The molecule has 1 aliphatic rings. The predicted molar refractivity (Wildman–Crippen MR) is 75.9 cm³/mol. The minimum atomic E-state index is -0.965. The van der Waals surface area contributed by atoms with Crippen molar-refractivity contribution in [2.45, 2.75) is 52.0 Å². The smallest absolute Gasteiger partial charge is 0.358 e. The maximum atomic E-state index is 11.4. The Kier molecular flexibility index (Phi) is 5.11. The zero-order chi connectivity index (χ0) is 14.5. The lowest BCUT2D eigenvalue weighted by Crippen LogP contribution is -2.29. The van der Waals surface area contributed by atoms with E-state index in [1.165, 1.54) is 0 Å². The standard InChI is InChI=1S/C14H24N4O2/c1-3-4-10(2)9-18-13(11-5-7-15-8-6-11)12(14(19)20)16-17-18/h10-11,15H,3-9H2,1-2H3,(H,19,20). The molecule has 1 saturated heterocycles. The highest BCUT2D eigenvalue weighted by atomic mass is 16.4. The molecule has 2 rings (SSSR count). The molecule has 0 saturated carbocycles. The van der Waals surface area contributed by atoms with E-state index in [2.05, 4.69) is 29.5 Å². The molecule has 1 unspecified atom stereocenters. The van der Waals surface area contributed by atoms with Gasteiger partial charge in [-0.15, -0.1) is 5.10 Å². The average Bonchev–Trinajstić information content (AvgIpc) is 2.83. The van der Waals surface area contributed by atoms with Crippen molar-refractivity contribution >= 4 is 5.97 Å². The van der Waals surface area contributed by atoms with Crippen molar-refractivity contribution in [3.63, 3.8) is 0 Å². The van der Waals surface area contributed by atoms with Gasteiger partial charge in [-0.25, -0.2) is 9.48 Å². The van der Waals surface area contributed by atoms with Gasteiger partial charge in [0.25, 0.3) is 0 Å². The van der Waals surface area contributed by atoms with E-state index in [1.54, 1.807) is 0 Å². The van der Waals surface area contributed by atoms with E-state index in [1.807, 2.05) is 4.68 Å². The van der Waals surface area contributed by atoms with Gasteiger partial charge in [0, 0.05) is 12.5 Å². The number of nitrogens with one attached hydrogen (secondary N) is 1. The van der Waals surface area contributed by atoms with Crippen LogP contribution in [0, 0.1) is 5.92 Å². The third-order valence-corrected chi connectivity index (χ3v) is 3.97. The van der Waals surface area contributed by atoms with E-state index in [-0.39, 0.29) is 11.6 Å². The number of carboxylic acid groups (broad SMARTS) is 1. The summed E-state index contributed by atoms with van der Waals surface area (Å²) in [6, 6.07) is 0. The van der Waals surface area contributed by atoms with Gasteiger partial charge in [-0.05, 0) is 38.3 Å². The van der Waals surface area contributed by atoms with Gasteiger partial charge in [0.05, 0.1) is 5.69 Å². The Morgan fingerprint density at radius 1 is 1.50 bits per heavy atom. The molecule has 1 aliphatic heterocycles. The first-order chi connectivity index (χ1) is 9.63. The number of hydrogen-bond acceptors (Lipinski definition) is 4. The number of aromatic nitrogens is 3. The van der Waals surface area contributed by atoms with Crippen LogP contribution in [-0.2, 0) is 6.54 Å². The van der Waals surface area contributed by atoms with Gasteiger partial charge in [-0.1, -0.05) is 25.5 Å². The lowest BCUT2D eigenvalue weighted by Gasteiger charge is -2.24. The Hall–Kier alpha value is -1.43. The Balaban J connectivity index is 2.24. The molecule has 6 heteroatoms. The molecule has 1 atom stereocenters. The molecule has 0 radical (unpaired) electrons. The van der Waals surface area contributed by atoms with Gasteiger partial charge < -0.3 is 10.4 Å². The fourth-order valence-corrected chi connectivity index (χ4v) is 2.99. The van der Waals surface area contributed by atoms with Crippen LogP contribution in [-0.4, -0.2) is 39.2 Å². The number of carbonyl (C=O) groups is 1. The van der Waals surface area contributed by atoms with E-state index < -0.39 is 5.97 Å². The zero-order valence-corrected chi connectivity index (χ0v) is 12.3. The largest absolute Gasteiger partial charge is 0.476 e. The fourth-order valence-electron chi connectivity index (χ4n) is 2.99. The highest BCUT2D eigenvalue weighted by molar-refractivity contribution is 5.86. The number of rotatable bonds is 6. The van der Waals surface area contributed by atoms with E-state index in [0.717, 1.165) is 51.0 Å². The summed E-state index contributed by atoms with van der Waals surface area (Å²) in [5, 5.41) is 20.6. The first-order valence-corrected chi connectivity index (χ1v) is 7.50. The molecule has 0 spiro atoms. The normalized spacial score (nSPS) is 18.1. The summed E-state index contributed by atoms with van der Waals surface area (Å²) in [6.07, 6.45) is 4.16. The van der Waals surface area contributed by atoms with Crippen molar-refractivity contribution in [1.29, 1.82) is 0 Å². The number of piperidine rings is 1. The molecule has 0 bridgehead atoms. The minimum Gasteiger partial charge on any atom is -0.476 e. The third-order valence-electron chi connectivity index (χ3n) is 3.97. The summed E-state index contributed by atoms with van der Waals surface area (Å²) >= 11 is 0. The molecule has 1 fully saturated rings. The molecule has 2 N–H and O–H groups in total. The summed E-state index contributed by atoms with van der Waals surface area (Å²) < 4.78 is 1.83. The summed E-state index contributed by atoms with van der Waals surface area (Å²) in [4.78, 5) is 11.4. The van der Waals surface area contributed by atoms with Crippen molar-refractivity contribution in [3.8, 4) is 0 Å². The Morgan fingerprint density at radius 2 is 2.20 bits per heavy atom. The van der Waals surface area contributed by atoms with Crippen molar-refractivity contribution in [1.82, 2.24) is 20.3 Å². The molecular formula is C14H24N4O2. The van der Waals surface area contributed by atoms with Crippen molar-refractivity contribution in [2.75, 3.05) is 13.1 Å². The van der Waals surface area contributed by atoms with Crippen LogP contribution in [0.2, 0.25) is 0 Å². The second-order valence-electron chi connectivity index (χ2n) is 5.73. The van der Waals surface area contributed by atoms with E-state index in [0.29, 0.717) is 5.92 Å². The molecule has 0 aromatic carbocycles.